The molecule has 0 saturated heterocycles. The second kappa shape index (κ2) is 3.81. The van der Waals surface area contributed by atoms with E-state index in [0.29, 0.717) is 0 Å². The molecule has 0 saturated carbocycles. The van der Waals surface area contributed by atoms with E-state index in [4.69, 9.17) is 60.7 Å². The van der Waals surface area contributed by atoms with Gasteiger partial charge in [0.25, 0.3) is 0 Å². The smallest absolute Gasteiger partial charge is 0.115 e. The molecule has 1 aromatic carbocycles. The van der Waals surface area contributed by atoms with Gasteiger partial charge in [-0.1, -0.05) is 16.5 Å². The summed E-state index contributed by atoms with van der Waals surface area (Å²) in [4.78, 5) is 0. The van der Waals surface area contributed by atoms with Gasteiger partial charge in [-0.25, -0.2) is 0 Å². The Balaban J connectivity index is 3.68. The summed E-state index contributed by atoms with van der Waals surface area (Å²) in [5.41, 5.74) is 5.99. The third-order valence-electron chi connectivity index (χ3n) is 2.13. The molecular formula is C7H2B7N. The van der Waals surface area contributed by atoms with Crippen LogP contribution in [-0.2, 0) is 5.11 Å². The highest BCUT2D eigenvalue weighted by Crippen LogP contribution is 2.06. The monoisotopic (exact) mass is 177 g/mol. The van der Waals surface area contributed by atoms with Gasteiger partial charge in [0, 0.05) is 5.69 Å². The molecule has 15 heavy (non-hydrogen) atoms. The standard InChI is InChI=1S/C7H2B7N/c8-2-1(7(12,13)14)3(9)5(11)6(15)4(2)10/h15H2. The molecule has 0 spiro atoms. The van der Waals surface area contributed by atoms with Crippen LogP contribution in [-0.4, -0.2) is 54.9 Å². The summed E-state index contributed by atoms with van der Waals surface area (Å²) in [6.45, 7) is 0. The number of anilines is 1. The molecule has 0 bridgehead atoms. The van der Waals surface area contributed by atoms with Crippen LogP contribution < -0.4 is 27.6 Å². The molecular weight excluding hydrogens is 174 g/mol. The SMILES string of the molecule is [B]c1c([B])c(C([B])([B])[B])c([B])c([B])c1N. The van der Waals surface area contributed by atoms with E-state index in [9.17, 15) is 0 Å². The lowest BCUT2D eigenvalue weighted by atomic mass is 9.37. The molecule has 1 rings (SSSR count). The van der Waals surface area contributed by atoms with Crippen molar-refractivity contribution in [3.8, 4) is 0 Å². The minimum absolute atomic E-state index is 0.0479. The Kier molecular flexibility index (Phi) is 3.18. The Bertz CT molecular complexity index is 380. The highest BCUT2D eigenvalue weighted by atomic mass is 14.6. The average Bonchev–Trinajstić information content (AvgIpc) is 2.09. The van der Waals surface area contributed by atoms with Crippen LogP contribution in [0.25, 0.3) is 0 Å². The number of nitrogen functional groups attached to an aromatic ring is 1. The van der Waals surface area contributed by atoms with E-state index in [1.54, 1.807) is 0 Å². The van der Waals surface area contributed by atoms with E-state index < -0.39 is 5.11 Å². The van der Waals surface area contributed by atoms with E-state index in [0.717, 1.165) is 0 Å². The molecule has 0 aliphatic heterocycles. The van der Waals surface area contributed by atoms with Crippen LogP contribution in [0.5, 0.6) is 0 Å². The maximum Gasteiger partial charge on any atom is 0.115 e. The van der Waals surface area contributed by atoms with Crippen molar-refractivity contribution in [1.82, 2.24) is 0 Å². The lowest BCUT2D eigenvalue weighted by molar-refractivity contribution is 1.29. The number of hydrogen-bond acceptors (Lipinski definition) is 1. The number of nitrogens with two attached hydrogens (primary N) is 1. The largest absolute Gasteiger partial charge is 0.400 e. The van der Waals surface area contributed by atoms with Crippen molar-refractivity contribution in [2.45, 2.75) is 5.11 Å². The van der Waals surface area contributed by atoms with Crippen LogP contribution in [0.1, 0.15) is 5.56 Å². The van der Waals surface area contributed by atoms with Crippen molar-refractivity contribution in [2.75, 3.05) is 5.73 Å². The summed E-state index contributed by atoms with van der Waals surface area (Å²) < 4.78 is 0. The van der Waals surface area contributed by atoms with Gasteiger partial charge in [-0.3, -0.25) is 0 Å². The fraction of sp³-hybridized carbons (Fsp3) is 0.143. The van der Waals surface area contributed by atoms with Crippen LogP contribution >= 0.6 is 0 Å². The van der Waals surface area contributed by atoms with Gasteiger partial charge < -0.3 is 5.73 Å². The van der Waals surface area contributed by atoms with Gasteiger partial charge in [0.05, 0.1) is 23.5 Å². The highest BCUT2D eigenvalue weighted by Gasteiger charge is 2.20. The van der Waals surface area contributed by atoms with Crippen molar-refractivity contribution < 1.29 is 0 Å². The number of hydrogen-bond donors (Lipinski definition) is 1. The summed E-state index contributed by atoms with van der Waals surface area (Å²) in [6, 6.07) is 0. The molecule has 56 valence electrons. The molecule has 2 N–H and O–H groups in total. The molecule has 1 aromatic rings. The van der Waals surface area contributed by atoms with Gasteiger partial charge in [0.1, 0.15) is 31.4 Å². The lowest BCUT2D eigenvalue weighted by Crippen LogP contribution is -2.52. The number of rotatable bonds is 1. The van der Waals surface area contributed by atoms with E-state index in [-0.39, 0.29) is 33.1 Å². The summed E-state index contributed by atoms with van der Waals surface area (Å²) in [6.07, 6.45) is 0. The van der Waals surface area contributed by atoms with Crippen LogP contribution in [0.3, 0.4) is 0 Å². The van der Waals surface area contributed by atoms with Gasteiger partial charge in [0.15, 0.2) is 0 Å². The Morgan fingerprint density at radius 2 is 1.07 bits per heavy atom. The van der Waals surface area contributed by atoms with Crippen LogP contribution in [0.4, 0.5) is 5.69 Å². The summed E-state index contributed by atoms with van der Waals surface area (Å²) in [5, 5.41) is -1.72. The maximum atomic E-state index is 5.66. The molecule has 0 aromatic heterocycles. The van der Waals surface area contributed by atoms with Crippen molar-refractivity contribution in [1.29, 1.82) is 0 Å². The van der Waals surface area contributed by atoms with Crippen molar-refractivity contribution in [3.63, 3.8) is 0 Å². The fourth-order valence-electron chi connectivity index (χ4n) is 1.32. The predicted octanol–water partition coefficient (Wildman–Crippen LogP) is -4.94. The molecule has 0 unspecified atom stereocenters. The fourth-order valence-corrected chi connectivity index (χ4v) is 1.32. The summed E-state index contributed by atoms with van der Waals surface area (Å²) in [5.74, 6) is 0. The zero-order valence-electron chi connectivity index (χ0n) is 8.12. The zero-order valence-corrected chi connectivity index (χ0v) is 8.12. The van der Waals surface area contributed by atoms with Crippen molar-refractivity contribution in [3.05, 3.63) is 5.56 Å². The number of benzene rings is 1. The summed E-state index contributed by atoms with van der Waals surface area (Å²) >= 11 is 0. The lowest BCUT2D eigenvalue weighted by Gasteiger charge is -2.30. The van der Waals surface area contributed by atoms with Crippen molar-refractivity contribution in [2.24, 2.45) is 0 Å². The third-order valence-corrected chi connectivity index (χ3v) is 2.13. The van der Waals surface area contributed by atoms with Crippen LogP contribution in [0, 0.1) is 0 Å². The highest BCUT2D eigenvalue weighted by molar-refractivity contribution is 6.66. The van der Waals surface area contributed by atoms with Gasteiger partial charge in [-0.2, -0.15) is 0 Å². The molecule has 0 aliphatic carbocycles. The van der Waals surface area contributed by atoms with Crippen LogP contribution in [0.15, 0.2) is 0 Å². The predicted molar refractivity (Wildman–Crippen MR) is 71.3 cm³/mol. The van der Waals surface area contributed by atoms with Gasteiger partial charge >= 0.3 is 0 Å². The third kappa shape index (κ3) is 2.04. The molecule has 14 radical (unpaired) electrons. The van der Waals surface area contributed by atoms with Gasteiger partial charge in [-0.05, 0) is 0 Å². The Labute approximate surface area is 99.2 Å². The molecule has 0 aliphatic rings. The van der Waals surface area contributed by atoms with E-state index >= 15 is 0 Å². The second-order valence-electron chi connectivity index (χ2n) is 3.38. The second-order valence-corrected chi connectivity index (χ2v) is 3.38. The Morgan fingerprint density at radius 3 is 1.33 bits per heavy atom. The first-order valence-corrected chi connectivity index (χ1v) is 4.06. The van der Waals surface area contributed by atoms with E-state index in [2.05, 4.69) is 0 Å². The molecule has 0 atom stereocenters. The first kappa shape index (κ1) is 12.5. The quantitative estimate of drug-likeness (QED) is 0.336. The van der Waals surface area contributed by atoms with Gasteiger partial charge in [-0.15, -0.1) is 16.0 Å². The van der Waals surface area contributed by atoms with Crippen molar-refractivity contribution >= 4 is 82.5 Å². The van der Waals surface area contributed by atoms with Gasteiger partial charge in [0.2, 0.25) is 0 Å². The molecule has 1 nitrogen and oxygen atoms in total. The molecule has 8 heteroatoms. The molecule has 0 amide bonds. The topological polar surface area (TPSA) is 26.0 Å². The first-order valence-electron chi connectivity index (χ1n) is 4.06. The minimum Gasteiger partial charge on any atom is -0.400 e. The molecule has 0 fully saturated rings. The molecule has 0 heterocycles. The zero-order chi connectivity index (χ0) is 12.0. The Hall–Kier alpha value is -0.525. The average molecular weight is 176 g/mol. The van der Waals surface area contributed by atoms with E-state index in [1.165, 1.54) is 0 Å². The first-order chi connectivity index (χ1) is 6.68. The van der Waals surface area contributed by atoms with Crippen LogP contribution in [0.2, 0.25) is 0 Å². The minimum atomic E-state index is -1.72. The normalized spacial score (nSPS) is 11.5. The summed E-state index contributed by atoms with van der Waals surface area (Å²) in [7, 11) is 39.0. The maximum absolute atomic E-state index is 5.66. The Morgan fingerprint density at radius 1 is 0.733 bits per heavy atom. The van der Waals surface area contributed by atoms with E-state index in [1.807, 2.05) is 0 Å².